The van der Waals surface area contributed by atoms with Crippen molar-refractivity contribution < 1.29 is 22.4 Å². The molecule has 0 aromatic heterocycles. The molecule has 7 nitrogen and oxygen atoms in total. The minimum absolute atomic E-state index is 0.0136. The number of nitrogens with one attached hydrogen (secondary N) is 1. The van der Waals surface area contributed by atoms with Crippen molar-refractivity contribution in [2.24, 2.45) is 0 Å². The maximum atomic E-state index is 13.8. The Morgan fingerprint density at radius 2 is 1.43 bits per heavy atom. The predicted octanol–water partition coefficient (Wildman–Crippen LogP) is 4.35. The van der Waals surface area contributed by atoms with Crippen LogP contribution in [0.4, 0.5) is 10.1 Å². The molecule has 3 aromatic carbocycles. The second-order valence-electron chi connectivity index (χ2n) is 9.72. The first-order valence-electron chi connectivity index (χ1n) is 11.9. The molecule has 0 fully saturated rings. The third-order valence-corrected chi connectivity index (χ3v) is 7.37. The zero-order valence-electron chi connectivity index (χ0n) is 21.4. The maximum Gasteiger partial charge on any atom is 0.264 e. The lowest BCUT2D eigenvalue weighted by Crippen LogP contribution is -2.54. The Labute approximate surface area is 218 Å². The number of carbonyl (C=O) groups is 2. The summed E-state index contributed by atoms with van der Waals surface area (Å²) in [5.41, 5.74) is 0.388. The summed E-state index contributed by atoms with van der Waals surface area (Å²) in [6.07, 6.45) is 0. The zero-order valence-corrected chi connectivity index (χ0v) is 22.2. The van der Waals surface area contributed by atoms with Crippen molar-refractivity contribution in [3.05, 3.63) is 96.3 Å². The second-order valence-corrected chi connectivity index (χ2v) is 11.6. The molecule has 0 heterocycles. The summed E-state index contributed by atoms with van der Waals surface area (Å²) in [5, 5.41) is 2.88. The standard InChI is InChI=1S/C28H32FN3O4S/c1-21(27(34)30-28(2,3)4)31(19-22-11-7-5-8-12-22)26(33)20-32(24-17-15-23(29)16-18-24)37(35,36)25-13-9-6-10-14-25/h5-18,21H,19-20H2,1-4H3,(H,30,34)/t21-/m1/s1. The molecule has 0 saturated carbocycles. The fourth-order valence-electron chi connectivity index (χ4n) is 3.69. The van der Waals surface area contributed by atoms with Crippen LogP contribution in [0.25, 0.3) is 0 Å². The molecule has 196 valence electrons. The highest BCUT2D eigenvalue weighted by atomic mass is 32.2. The number of nitrogens with zero attached hydrogens (tertiary/aromatic N) is 2. The van der Waals surface area contributed by atoms with Gasteiger partial charge in [0.15, 0.2) is 0 Å². The molecule has 0 unspecified atom stereocenters. The van der Waals surface area contributed by atoms with E-state index in [0.29, 0.717) is 0 Å². The average molecular weight is 526 g/mol. The summed E-state index contributed by atoms with van der Waals surface area (Å²) in [7, 11) is -4.18. The van der Waals surface area contributed by atoms with Gasteiger partial charge in [-0.05, 0) is 69.7 Å². The molecular weight excluding hydrogens is 493 g/mol. The number of halogens is 1. The molecule has 1 N–H and O–H groups in total. The highest BCUT2D eigenvalue weighted by Crippen LogP contribution is 2.25. The van der Waals surface area contributed by atoms with E-state index in [2.05, 4.69) is 5.32 Å². The lowest BCUT2D eigenvalue weighted by Gasteiger charge is -2.33. The summed E-state index contributed by atoms with van der Waals surface area (Å²) < 4.78 is 41.8. The van der Waals surface area contributed by atoms with Gasteiger partial charge in [-0.3, -0.25) is 13.9 Å². The number of carbonyl (C=O) groups excluding carboxylic acids is 2. The van der Waals surface area contributed by atoms with Crippen molar-refractivity contribution in [1.82, 2.24) is 10.2 Å². The molecule has 2 amide bonds. The largest absolute Gasteiger partial charge is 0.350 e. The highest BCUT2D eigenvalue weighted by molar-refractivity contribution is 7.92. The Kier molecular flexibility index (Phi) is 8.70. The number of benzene rings is 3. The van der Waals surface area contributed by atoms with Gasteiger partial charge in [0.2, 0.25) is 11.8 Å². The maximum absolute atomic E-state index is 13.8. The molecule has 0 bridgehead atoms. The third-order valence-electron chi connectivity index (χ3n) is 5.59. The Morgan fingerprint density at radius 1 is 0.892 bits per heavy atom. The molecule has 9 heteroatoms. The first-order chi connectivity index (χ1) is 17.4. The van der Waals surface area contributed by atoms with Crippen molar-refractivity contribution in [2.45, 2.75) is 50.7 Å². The summed E-state index contributed by atoms with van der Waals surface area (Å²) in [5.74, 6) is -1.48. The van der Waals surface area contributed by atoms with Crippen LogP contribution >= 0.6 is 0 Å². The molecule has 0 radical (unpaired) electrons. The van der Waals surface area contributed by atoms with Gasteiger partial charge in [-0.1, -0.05) is 48.5 Å². The number of rotatable bonds is 9. The van der Waals surface area contributed by atoms with Crippen LogP contribution in [0.1, 0.15) is 33.3 Å². The Bertz CT molecular complexity index is 1310. The van der Waals surface area contributed by atoms with Gasteiger partial charge in [-0.15, -0.1) is 0 Å². The number of anilines is 1. The quantitative estimate of drug-likeness (QED) is 0.450. The summed E-state index contributed by atoms with van der Waals surface area (Å²) in [4.78, 5) is 28.1. The van der Waals surface area contributed by atoms with Crippen molar-refractivity contribution in [3.63, 3.8) is 0 Å². The minimum Gasteiger partial charge on any atom is -0.350 e. The van der Waals surface area contributed by atoms with Crippen LogP contribution in [0.5, 0.6) is 0 Å². The van der Waals surface area contributed by atoms with Gasteiger partial charge < -0.3 is 10.2 Å². The van der Waals surface area contributed by atoms with E-state index in [4.69, 9.17) is 0 Å². The van der Waals surface area contributed by atoms with Crippen molar-refractivity contribution in [1.29, 1.82) is 0 Å². The minimum atomic E-state index is -4.18. The average Bonchev–Trinajstić information content (AvgIpc) is 2.86. The Balaban J connectivity index is 2.00. The Hall–Kier alpha value is -3.72. The van der Waals surface area contributed by atoms with Gasteiger partial charge in [0.1, 0.15) is 18.4 Å². The van der Waals surface area contributed by atoms with Crippen LogP contribution in [0.15, 0.2) is 89.8 Å². The van der Waals surface area contributed by atoms with Gasteiger partial charge in [-0.2, -0.15) is 0 Å². The molecule has 1 atom stereocenters. The van der Waals surface area contributed by atoms with E-state index in [9.17, 15) is 22.4 Å². The topological polar surface area (TPSA) is 86.8 Å². The van der Waals surface area contributed by atoms with E-state index in [1.165, 1.54) is 29.2 Å². The first-order valence-corrected chi connectivity index (χ1v) is 13.3. The monoisotopic (exact) mass is 525 g/mol. The van der Waals surface area contributed by atoms with Crippen LogP contribution in [0.3, 0.4) is 0 Å². The Morgan fingerprint density at radius 3 is 1.97 bits per heavy atom. The molecule has 3 aromatic rings. The fourth-order valence-corrected chi connectivity index (χ4v) is 5.13. The van der Waals surface area contributed by atoms with E-state index in [-0.39, 0.29) is 23.0 Å². The van der Waals surface area contributed by atoms with Crippen LogP contribution in [0, 0.1) is 5.82 Å². The zero-order chi connectivity index (χ0) is 27.2. The number of amides is 2. The smallest absolute Gasteiger partial charge is 0.264 e. The lowest BCUT2D eigenvalue weighted by atomic mass is 10.1. The number of sulfonamides is 1. The van der Waals surface area contributed by atoms with E-state index in [1.54, 1.807) is 25.1 Å². The summed E-state index contributed by atoms with van der Waals surface area (Å²) in [6, 6.07) is 20.8. The van der Waals surface area contributed by atoms with Gasteiger partial charge in [0.05, 0.1) is 10.6 Å². The van der Waals surface area contributed by atoms with Crippen LogP contribution in [-0.4, -0.2) is 43.3 Å². The van der Waals surface area contributed by atoms with Crippen LogP contribution in [-0.2, 0) is 26.2 Å². The molecule has 0 aliphatic rings. The van der Waals surface area contributed by atoms with Crippen molar-refractivity contribution in [2.75, 3.05) is 10.8 Å². The third kappa shape index (κ3) is 7.39. The van der Waals surface area contributed by atoms with Gasteiger partial charge in [-0.25, -0.2) is 12.8 Å². The number of hydrogen-bond acceptors (Lipinski definition) is 4. The van der Waals surface area contributed by atoms with Crippen LogP contribution < -0.4 is 9.62 Å². The molecule has 3 rings (SSSR count). The summed E-state index contributed by atoms with van der Waals surface area (Å²) >= 11 is 0. The van der Waals surface area contributed by atoms with Crippen molar-refractivity contribution >= 4 is 27.5 Å². The molecule has 0 aliphatic heterocycles. The van der Waals surface area contributed by atoms with Gasteiger partial charge >= 0.3 is 0 Å². The lowest BCUT2D eigenvalue weighted by molar-refractivity contribution is -0.140. The van der Waals surface area contributed by atoms with E-state index < -0.39 is 39.9 Å². The molecule has 0 saturated heterocycles. The highest BCUT2D eigenvalue weighted by Gasteiger charge is 2.33. The van der Waals surface area contributed by atoms with Crippen LogP contribution in [0.2, 0.25) is 0 Å². The molecule has 37 heavy (non-hydrogen) atoms. The first kappa shape index (κ1) is 27.9. The molecule has 0 aliphatic carbocycles. The van der Waals surface area contributed by atoms with E-state index in [0.717, 1.165) is 22.0 Å². The van der Waals surface area contributed by atoms with E-state index >= 15 is 0 Å². The van der Waals surface area contributed by atoms with Gasteiger partial charge in [0, 0.05) is 12.1 Å². The fraction of sp³-hybridized carbons (Fsp3) is 0.286. The van der Waals surface area contributed by atoms with Crippen molar-refractivity contribution in [3.8, 4) is 0 Å². The second kappa shape index (κ2) is 11.6. The summed E-state index contributed by atoms with van der Waals surface area (Å²) in [6.45, 7) is 6.64. The van der Waals surface area contributed by atoms with E-state index in [1.807, 2.05) is 51.1 Å². The number of hydrogen-bond donors (Lipinski definition) is 1. The molecular formula is C28H32FN3O4S. The molecule has 0 spiro atoms. The normalized spacial score (nSPS) is 12.5. The SMILES string of the molecule is C[C@H](C(=O)NC(C)(C)C)N(Cc1ccccc1)C(=O)CN(c1ccc(F)cc1)S(=O)(=O)c1ccccc1. The van der Waals surface area contributed by atoms with Gasteiger partial charge in [0.25, 0.3) is 10.0 Å². The predicted molar refractivity (Wildman–Crippen MR) is 142 cm³/mol.